The average Bonchev–Trinajstić information content (AvgIpc) is 2.94. The Hall–Kier alpha value is -0.710. The zero-order valence-electron chi connectivity index (χ0n) is 12.2. The molecule has 106 valence electrons. The normalized spacial score (nSPS) is 20.8. The van der Waals surface area contributed by atoms with Crippen LogP contribution in [-0.2, 0) is 0 Å². The van der Waals surface area contributed by atoms with E-state index in [9.17, 15) is 0 Å². The molecule has 0 radical (unpaired) electrons. The van der Waals surface area contributed by atoms with Crippen LogP contribution in [-0.4, -0.2) is 50.1 Å². The molecular formula is C15H25N3S. The monoisotopic (exact) mass is 279 g/mol. The molecule has 1 heterocycles. The van der Waals surface area contributed by atoms with E-state index in [0.717, 1.165) is 0 Å². The van der Waals surface area contributed by atoms with Crippen LogP contribution in [0.15, 0.2) is 24.3 Å². The maximum absolute atomic E-state index is 6.01. The number of hydrogen-bond donors (Lipinski definition) is 1. The van der Waals surface area contributed by atoms with Crippen LogP contribution in [0.3, 0.4) is 0 Å². The Morgan fingerprint density at radius 3 is 2.42 bits per heavy atom. The first-order chi connectivity index (χ1) is 9.13. The topological polar surface area (TPSA) is 32.5 Å². The molecule has 0 spiro atoms. The SMILES string of the molecule is CN(C)c1ccc(C(CN)N(C)C2CCSC2)cc1. The van der Waals surface area contributed by atoms with Crippen molar-refractivity contribution in [3.05, 3.63) is 29.8 Å². The second-order valence-corrected chi connectivity index (χ2v) is 6.57. The standard InChI is InChI=1S/C15H25N3S/c1-17(2)13-6-4-12(5-7-13)15(10-16)18(3)14-8-9-19-11-14/h4-7,14-15H,8-11,16H2,1-3H3. The molecule has 19 heavy (non-hydrogen) atoms. The Kier molecular flexibility index (Phi) is 5.13. The Morgan fingerprint density at radius 1 is 1.26 bits per heavy atom. The lowest BCUT2D eigenvalue weighted by Crippen LogP contribution is -2.38. The highest BCUT2D eigenvalue weighted by Crippen LogP contribution is 2.29. The van der Waals surface area contributed by atoms with Gasteiger partial charge >= 0.3 is 0 Å². The third-order valence-corrected chi connectivity index (χ3v) is 5.14. The van der Waals surface area contributed by atoms with Crippen molar-refractivity contribution in [1.82, 2.24) is 4.90 Å². The maximum atomic E-state index is 6.01. The zero-order chi connectivity index (χ0) is 13.8. The van der Waals surface area contributed by atoms with Crippen LogP contribution in [0.1, 0.15) is 18.0 Å². The second-order valence-electron chi connectivity index (χ2n) is 5.42. The predicted molar refractivity (Wildman–Crippen MR) is 86.1 cm³/mol. The lowest BCUT2D eigenvalue weighted by Gasteiger charge is -2.32. The van der Waals surface area contributed by atoms with E-state index in [1.807, 2.05) is 0 Å². The molecule has 2 rings (SSSR count). The van der Waals surface area contributed by atoms with E-state index in [4.69, 9.17) is 5.73 Å². The van der Waals surface area contributed by atoms with Crippen molar-refractivity contribution in [3.8, 4) is 0 Å². The first-order valence-electron chi connectivity index (χ1n) is 6.90. The number of anilines is 1. The van der Waals surface area contributed by atoms with Gasteiger partial charge in [-0.2, -0.15) is 11.8 Å². The van der Waals surface area contributed by atoms with Gasteiger partial charge in [-0.05, 0) is 36.9 Å². The average molecular weight is 279 g/mol. The number of rotatable bonds is 5. The first kappa shape index (κ1) is 14.7. The molecule has 1 aromatic carbocycles. The zero-order valence-corrected chi connectivity index (χ0v) is 13.0. The number of nitrogens with zero attached hydrogens (tertiary/aromatic N) is 2. The fourth-order valence-corrected chi connectivity index (χ4v) is 3.91. The number of benzene rings is 1. The van der Waals surface area contributed by atoms with Crippen LogP contribution in [0, 0.1) is 0 Å². The van der Waals surface area contributed by atoms with Crippen LogP contribution in [0.25, 0.3) is 0 Å². The van der Waals surface area contributed by atoms with E-state index >= 15 is 0 Å². The smallest absolute Gasteiger partial charge is 0.0470 e. The summed E-state index contributed by atoms with van der Waals surface area (Å²) in [6, 6.07) is 9.79. The molecule has 0 bridgehead atoms. The molecule has 2 unspecified atom stereocenters. The Balaban J connectivity index is 2.11. The number of nitrogens with two attached hydrogens (primary N) is 1. The number of thioether (sulfide) groups is 1. The van der Waals surface area contributed by atoms with Gasteiger partial charge in [0.1, 0.15) is 0 Å². The third kappa shape index (κ3) is 3.44. The van der Waals surface area contributed by atoms with E-state index in [1.165, 1.54) is 29.2 Å². The summed E-state index contributed by atoms with van der Waals surface area (Å²) in [5.74, 6) is 2.52. The summed E-state index contributed by atoms with van der Waals surface area (Å²) in [7, 11) is 6.35. The molecule has 2 N–H and O–H groups in total. The van der Waals surface area contributed by atoms with Gasteiger partial charge in [-0.15, -0.1) is 0 Å². The van der Waals surface area contributed by atoms with Crippen LogP contribution >= 0.6 is 11.8 Å². The Labute approximate surface area is 121 Å². The molecule has 4 heteroatoms. The molecule has 1 saturated heterocycles. The summed E-state index contributed by atoms with van der Waals surface area (Å²) in [5.41, 5.74) is 8.57. The number of hydrogen-bond acceptors (Lipinski definition) is 4. The van der Waals surface area contributed by atoms with Crippen LogP contribution < -0.4 is 10.6 Å². The minimum Gasteiger partial charge on any atom is -0.378 e. The molecule has 1 aliphatic heterocycles. The summed E-state index contributed by atoms with van der Waals surface area (Å²) < 4.78 is 0. The molecule has 0 aliphatic carbocycles. The van der Waals surface area contributed by atoms with Gasteiger partial charge < -0.3 is 10.6 Å². The van der Waals surface area contributed by atoms with Gasteiger partial charge in [-0.1, -0.05) is 12.1 Å². The van der Waals surface area contributed by atoms with E-state index in [0.29, 0.717) is 18.6 Å². The lowest BCUT2D eigenvalue weighted by molar-refractivity contribution is 0.193. The molecule has 0 saturated carbocycles. The van der Waals surface area contributed by atoms with E-state index in [2.05, 4.69) is 67.0 Å². The van der Waals surface area contributed by atoms with Gasteiger partial charge in [0.25, 0.3) is 0 Å². The maximum Gasteiger partial charge on any atom is 0.0470 e. The van der Waals surface area contributed by atoms with Crippen molar-refractivity contribution in [2.75, 3.05) is 44.1 Å². The van der Waals surface area contributed by atoms with Gasteiger partial charge in [-0.3, -0.25) is 4.90 Å². The fourth-order valence-electron chi connectivity index (χ4n) is 2.63. The minimum atomic E-state index is 0.333. The third-order valence-electron chi connectivity index (χ3n) is 3.99. The molecule has 0 amide bonds. The van der Waals surface area contributed by atoms with Crippen LogP contribution in [0.2, 0.25) is 0 Å². The van der Waals surface area contributed by atoms with Crippen LogP contribution in [0.5, 0.6) is 0 Å². The van der Waals surface area contributed by atoms with E-state index in [-0.39, 0.29) is 0 Å². The van der Waals surface area contributed by atoms with Crippen molar-refractivity contribution < 1.29 is 0 Å². The molecule has 2 atom stereocenters. The number of likely N-dealkylation sites (N-methyl/N-ethyl adjacent to an activating group) is 1. The summed E-state index contributed by atoms with van der Waals surface area (Å²) in [4.78, 5) is 4.59. The lowest BCUT2D eigenvalue weighted by atomic mass is 10.0. The molecule has 3 nitrogen and oxygen atoms in total. The second kappa shape index (κ2) is 6.64. The van der Waals surface area contributed by atoms with Gasteiger partial charge in [0, 0.05) is 44.2 Å². The molecule has 1 aromatic rings. The fraction of sp³-hybridized carbons (Fsp3) is 0.600. The van der Waals surface area contributed by atoms with E-state index in [1.54, 1.807) is 0 Å². The highest BCUT2D eigenvalue weighted by atomic mass is 32.2. The quantitative estimate of drug-likeness (QED) is 0.895. The van der Waals surface area contributed by atoms with Gasteiger partial charge in [0.15, 0.2) is 0 Å². The minimum absolute atomic E-state index is 0.333. The Morgan fingerprint density at radius 2 is 1.95 bits per heavy atom. The Bertz CT molecular complexity index is 385. The van der Waals surface area contributed by atoms with Crippen molar-refractivity contribution in [2.45, 2.75) is 18.5 Å². The molecule has 1 aliphatic rings. The van der Waals surface area contributed by atoms with Gasteiger partial charge in [0.2, 0.25) is 0 Å². The molecular weight excluding hydrogens is 254 g/mol. The van der Waals surface area contributed by atoms with Crippen molar-refractivity contribution in [3.63, 3.8) is 0 Å². The largest absolute Gasteiger partial charge is 0.378 e. The van der Waals surface area contributed by atoms with Crippen molar-refractivity contribution >= 4 is 17.4 Å². The van der Waals surface area contributed by atoms with Gasteiger partial charge in [-0.25, -0.2) is 0 Å². The van der Waals surface area contributed by atoms with E-state index < -0.39 is 0 Å². The summed E-state index contributed by atoms with van der Waals surface area (Å²) in [6.07, 6.45) is 1.29. The van der Waals surface area contributed by atoms with Crippen LogP contribution in [0.4, 0.5) is 5.69 Å². The predicted octanol–water partition coefficient (Wildman–Crippen LogP) is 2.19. The summed E-state index contributed by atoms with van der Waals surface area (Å²) in [6.45, 7) is 0.680. The first-order valence-corrected chi connectivity index (χ1v) is 8.06. The molecule has 0 aromatic heterocycles. The summed E-state index contributed by atoms with van der Waals surface area (Å²) >= 11 is 2.05. The molecule has 1 fully saturated rings. The van der Waals surface area contributed by atoms with Gasteiger partial charge in [0.05, 0.1) is 0 Å². The van der Waals surface area contributed by atoms with Crippen molar-refractivity contribution in [2.24, 2.45) is 5.73 Å². The highest BCUT2D eigenvalue weighted by molar-refractivity contribution is 7.99. The van der Waals surface area contributed by atoms with Crippen molar-refractivity contribution in [1.29, 1.82) is 0 Å². The highest BCUT2D eigenvalue weighted by Gasteiger charge is 2.26. The summed E-state index contributed by atoms with van der Waals surface area (Å²) in [5, 5.41) is 0.